The summed E-state index contributed by atoms with van der Waals surface area (Å²) in [5.74, 6) is -1.40. The van der Waals surface area contributed by atoms with Crippen molar-refractivity contribution >= 4 is 17.6 Å². The molecule has 0 aliphatic carbocycles. The Balaban J connectivity index is 1.65. The van der Waals surface area contributed by atoms with E-state index in [0.29, 0.717) is 13.2 Å². The molecule has 126 valence electrons. The van der Waals surface area contributed by atoms with E-state index in [1.54, 1.807) is 4.90 Å². The van der Waals surface area contributed by atoms with E-state index in [2.05, 4.69) is 0 Å². The van der Waals surface area contributed by atoms with Gasteiger partial charge >= 0.3 is 5.97 Å². The highest BCUT2D eigenvalue weighted by Crippen LogP contribution is 2.52. The SMILES string of the molecule is CCCOC(=O)[C@H]1[C@@H]2C=C[C@]3(CN(c4cccc(C)c4)C(=O)[C@H]13)O2. The molecule has 24 heavy (non-hydrogen) atoms. The van der Waals surface area contributed by atoms with Gasteiger partial charge in [0.25, 0.3) is 0 Å². The molecule has 1 aromatic carbocycles. The van der Waals surface area contributed by atoms with Gasteiger partial charge in [-0.15, -0.1) is 0 Å². The van der Waals surface area contributed by atoms with Crippen molar-refractivity contribution in [1.29, 1.82) is 0 Å². The Hall–Kier alpha value is -2.14. The number of aryl methyl sites for hydroxylation is 1. The van der Waals surface area contributed by atoms with E-state index >= 15 is 0 Å². The fraction of sp³-hybridized carbons (Fsp3) is 0.474. The second-order valence-electron chi connectivity index (χ2n) is 6.83. The van der Waals surface area contributed by atoms with Gasteiger partial charge in [-0.1, -0.05) is 31.2 Å². The van der Waals surface area contributed by atoms with E-state index in [4.69, 9.17) is 9.47 Å². The van der Waals surface area contributed by atoms with Crippen LogP contribution in [0.2, 0.25) is 0 Å². The Bertz CT molecular complexity index is 728. The number of carbonyl (C=O) groups is 2. The lowest BCUT2D eigenvalue weighted by atomic mass is 9.77. The average molecular weight is 327 g/mol. The maximum atomic E-state index is 13.1. The molecule has 1 aromatic rings. The first-order valence-electron chi connectivity index (χ1n) is 8.47. The molecule has 4 rings (SSSR count). The van der Waals surface area contributed by atoms with Crippen molar-refractivity contribution in [3.05, 3.63) is 42.0 Å². The molecule has 0 radical (unpaired) electrons. The lowest BCUT2D eigenvalue weighted by Crippen LogP contribution is -2.40. The Morgan fingerprint density at radius 2 is 2.29 bits per heavy atom. The third-order valence-electron chi connectivity index (χ3n) is 5.13. The van der Waals surface area contributed by atoms with Gasteiger partial charge in [0.15, 0.2) is 0 Å². The van der Waals surface area contributed by atoms with Crippen LogP contribution >= 0.6 is 0 Å². The maximum absolute atomic E-state index is 13.1. The van der Waals surface area contributed by atoms with Gasteiger partial charge in [-0.05, 0) is 31.0 Å². The first-order valence-corrected chi connectivity index (χ1v) is 8.47. The number of amides is 1. The predicted molar refractivity (Wildman–Crippen MR) is 88.5 cm³/mol. The molecule has 4 atom stereocenters. The van der Waals surface area contributed by atoms with Crippen LogP contribution in [0.4, 0.5) is 5.69 Å². The zero-order valence-corrected chi connectivity index (χ0v) is 13.9. The maximum Gasteiger partial charge on any atom is 0.312 e. The first-order chi connectivity index (χ1) is 11.6. The lowest BCUT2D eigenvalue weighted by molar-refractivity contribution is -0.152. The smallest absolute Gasteiger partial charge is 0.312 e. The highest BCUT2D eigenvalue weighted by atomic mass is 16.6. The Morgan fingerprint density at radius 3 is 3.04 bits per heavy atom. The van der Waals surface area contributed by atoms with E-state index in [0.717, 1.165) is 17.7 Å². The van der Waals surface area contributed by atoms with Crippen LogP contribution in [0.25, 0.3) is 0 Å². The second-order valence-corrected chi connectivity index (χ2v) is 6.83. The first kappa shape index (κ1) is 15.4. The molecule has 3 heterocycles. The predicted octanol–water partition coefficient (Wildman–Crippen LogP) is 2.23. The minimum absolute atomic E-state index is 0.0501. The molecule has 1 amide bonds. The van der Waals surface area contributed by atoms with Crippen molar-refractivity contribution < 1.29 is 19.1 Å². The van der Waals surface area contributed by atoms with Crippen LogP contribution in [0.1, 0.15) is 18.9 Å². The largest absolute Gasteiger partial charge is 0.465 e. The lowest BCUT2D eigenvalue weighted by Gasteiger charge is -2.22. The van der Waals surface area contributed by atoms with Crippen LogP contribution in [0, 0.1) is 18.8 Å². The summed E-state index contributed by atoms with van der Waals surface area (Å²) >= 11 is 0. The van der Waals surface area contributed by atoms with E-state index in [-0.39, 0.29) is 18.0 Å². The molecule has 3 aliphatic heterocycles. The molecule has 0 N–H and O–H groups in total. The van der Waals surface area contributed by atoms with E-state index in [1.165, 1.54) is 0 Å². The fourth-order valence-corrected chi connectivity index (χ4v) is 4.08. The Labute approximate surface area is 141 Å². The number of hydrogen-bond donors (Lipinski definition) is 0. The quantitative estimate of drug-likeness (QED) is 0.629. The second kappa shape index (κ2) is 5.45. The van der Waals surface area contributed by atoms with E-state index < -0.39 is 17.4 Å². The summed E-state index contributed by atoms with van der Waals surface area (Å²) in [6, 6.07) is 7.83. The van der Waals surface area contributed by atoms with Crippen LogP contribution < -0.4 is 4.90 Å². The Kier molecular flexibility index (Phi) is 3.49. The van der Waals surface area contributed by atoms with Crippen molar-refractivity contribution in [2.45, 2.75) is 32.0 Å². The molecule has 5 heteroatoms. The zero-order chi connectivity index (χ0) is 16.9. The zero-order valence-electron chi connectivity index (χ0n) is 13.9. The number of carbonyl (C=O) groups excluding carboxylic acids is 2. The van der Waals surface area contributed by atoms with Crippen LogP contribution in [0.15, 0.2) is 36.4 Å². The minimum atomic E-state index is -0.693. The van der Waals surface area contributed by atoms with Crippen LogP contribution in [-0.4, -0.2) is 36.7 Å². The van der Waals surface area contributed by atoms with Gasteiger partial charge in [-0.25, -0.2) is 0 Å². The van der Waals surface area contributed by atoms with Gasteiger partial charge in [-0.2, -0.15) is 0 Å². The molecular weight excluding hydrogens is 306 g/mol. The molecule has 1 spiro atoms. The summed E-state index contributed by atoms with van der Waals surface area (Å²) in [7, 11) is 0. The summed E-state index contributed by atoms with van der Waals surface area (Å²) < 4.78 is 11.4. The van der Waals surface area contributed by atoms with Crippen LogP contribution in [0.5, 0.6) is 0 Å². The molecular formula is C19H21NO4. The van der Waals surface area contributed by atoms with Gasteiger partial charge in [0.05, 0.1) is 25.2 Å². The molecule has 3 aliphatic rings. The summed E-state index contributed by atoms with van der Waals surface area (Å²) in [4.78, 5) is 27.3. The number of fused-ring (bicyclic) bond motifs is 1. The number of rotatable bonds is 4. The highest BCUT2D eigenvalue weighted by molar-refractivity contribution is 6.02. The molecule has 2 saturated heterocycles. The minimum Gasteiger partial charge on any atom is -0.465 e. The van der Waals surface area contributed by atoms with Crippen molar-refractivity contribution in [3.63, 3.8) is 0 Å². The van der Waals surface area contributed by atoms with Crippen molar-refractivity contribution in [3.8, 4) is 0 Å². The molecule has 5 nitrogen and oxygen atoms in total. The van der Waals surface area contributed by atoms with Gasteiger partial charge in [0.2, 0.25) is 5.91 Å². The molecule has 2 bridgehead atoms. The van der Waals surface area contributed by atoms with Gasteiger partial charge in [-0.3, -0.25) is 9.59 Å². The summed E-state index contributed by atoms with van der Waals surface area (Å²) in [6.45, 7) is 4.77. The topological polar surface area (TPSA) is 55.8 Å². The monoisotopic (exact) mass is 327 g/mol. The fourth-order valence-electron chi connectivity index (χ4n) is 4.08. The number of hydrogen-bond acceptors (Lipinski definition) is 4. The van der Waals surface area contributed by atoms with Crippen molar-refractivity contribution in [2.75, 3.05) is 18.1 Å². The van der Waals surface area contributed by atoms with E-state index in [1.807, 2.05) is 50.3 Å². The number of anilines is 1. The van der Waals surface area contributed by atoms with Gasteiger partial charge in [0.1, 0.15) is 11.5 Å². The third kappa shape index (κ3) is 2.11. The summed E-state index contributed by atoms with van der Waals surface area (Å²) in [5, 5.41) is 0. The van der Waals surface area contributed by atoms with Crippen molar-refractivity contribution in [1.82, 2.24) is 0 Å². The standard InChI is InChI=1S/C19H21NO4/c1-3-9-23-18(22)15-14-7-8-19(24-14)11-20(17(21)16(15)19)13-6-4-5-12(2)10-13/h4-8,10,14-16H,3,9,11H2,1-2H3/t14-,15-,16-,19+/m0/s1. The van der Waals surface area contributed by atoms with E-state index in [9.17, 15) is 9.59 Å². The average Bonchev–Trinajstić information content (AvgIpc) is 3.21. The summed E-state index contributed by atoms with van der Waals surface area (Å²) in [6.07, 6.45) is 4.28. The molecule has 2 fully saturated rings. The molecule has 0 unspecified atom stereocenters. The van der Waals surface area contributed by atoms with Crippen LogP contribution in [0.3, 0.4) is 0 Å². The van der Waals surface area contributed by atoms with Crippen molar-refractivity contribution in [2.24, 2.45) is 11.8 Å². The number of esters is 1. The summed E-state index contributed by atoms with van der Waals surface area (Å²) in [5.41, 5.74) is 1.25. The third-order valence-corrected chi connectivity index (χ3v) is 5.13. The van der Waals surface area contributed by atoms with Crippen LogP contribution in [-0.2, 0) is 19.1 Å². The number of benzene rings is 1. The molecule has 0 aromatic heterocycles. The van der Waals surface area contributed by atoms with Gasteiger partial charge in [0, 0.05) is 5.69 Å². The number of ether oxygens (including phenoxy) is 2. The highest BCUT2D eigenvalue weighted by Gasteiger charge is 2.67. The Morgan fingerprint density at radius 1 is 1.46 bits per heavy atom. The normalized spacial score (nSPS) is 33.2. The number of nitrogens with zero attached hydrogens (tertiary/aromatic N) is 1. The van der Waals surface area contributed by atoms with Gasteiger partial charge < -0.3 is 14.4 Å². The molecule has 0 saturated carbocycles.